The largest absolute Gasteiger partial charge is 0.304 e. The zero-order valence-corrected chi connectivity index (χ0v) is 17.0. The number of benzene rings is 2. The van der Waals surface area contributed by atoms with Gasteiger partial charge in [0.05, 0.1) is 10.5 Å². The summed E-state index contributed by atoms with van der Waals surface area (Å²) in [4.78, 5) is 4.56. The Labute approximate surface area is 169 Å². The van der Waals surface area contributed by atoms with E-state index < -0.39 is 15.8 Å². The van der Waals surface area contributed by atoms with Crippen molar-refractivity contribution in [3.8, 4) is 0 Å². The quantitative estimate of drug-likeness (QED) is 0.647. The summed E-state index contributed by atoms with van der Waals surface area (Å²) in [5, 5.41) is 0.763. The molecule has 0 aliphatic carbocycles. The average molecular weight is 422 g/mol. The van der Waals surface area contributed by atoms with Crippen LogP contribution in [0.15, 0.2) is 53.6 Å². The van der Waals surface area contributed by atoms with E-state index in [1.54, 1.807) is 6.07 Å². The molecule has 1 aliphatic rings. The summed E-state index contributed by atoms with van der Waals surface area (Å²) in [5.74, 6) is -0.573. The molecule has 28 heavy (non-hydrogen) atoms. The zero-order chi connectivity index (χ0) is 19.9. The lowest BCUT2D eigenvalue weighted by molar-refractivity contribution is 0.148. The Morgan fingerprint density at radius 1 is 1.07 bits per heavy atom. The summed E-state index contributed by atoms with van der Waals surface area (Å²) < 4.78 is 40.8. The number of piperazine rings is 1. The summed E-state index contributed by atoms with van der Waals surface area (Å²) >= 11 is 6.01. The minimum atomic E-state index is -3.93. The van der Waals surface area contributed by atoms with Gasteiger partial charge in [0, 0.05) is 44.3 Å². The van der Waals surface area contributed by atoms with Crippen molar-refractivity contribution in [1.29, 1.82) is 0 Å². The van der Waals surface area contributed by atoms with Crippen molar-refractivity contribution in [2.75, 3.05) is 33.2 Å². The van der Waals surface area contributed by atoms with Crippen LogP contribution in [0, 0.1) is 5.82 Å². The van der Waals surface area contributed by atoms with E-state index in [0.29, 0.717) is 5.52 Å². The van der Waals surface area contributed by atoms with Crippen molar-refractivity contribution in [3.63, 3.8) is 0 Å². The molecule has 1 fully saturated rings. The van der Waals surface area contributed by atoms with E-state index >= 15 is 0 Å². The van der Waals surface area contributed by atoms with Crippen molar-refractivity contribution in [1.82, 2.24) is 13.8 Å². The predicted molar refractivity (Wildman–Crippen MR) is 109 cm³/mol. The Balaban J connectivity index is 1.72. The predicted octanol–water partition coefficient (Wildman–Crippen LogP) is 3.42. The second-order valence-corrected chi connectivity index (χ2v) is 9.31. The van der Waals surface area contributed by atoms with Gasteiger partial charge in [0.15, 0.2) is 0 Å². The third-order valence-electron chi connectivity index (χ3n) is 5.21. The zero-order valence-electron chi connectivity index (χ0n) is 15.5. The summed E-state index contributed by atoms with van der Waals surface area (Å²) in [6, 6.07) is 10.8. The minimum absolute atomic E-state index is 0.113. The van der Waals surface area contributed by atoms with Gasteiger partial charge >= 0.3 is 0 Å². The Morgan fingerprint density at radius 2 is 1.82 bits per heavy atom. The number of hydrogen-bond acceptors (Lipinski definition) is 4. The lowest BCUT2D eigenvalue weighted by Gasteiger charge is -2.32. The van der Waals surface area contributed by atoms with Crippen LogP contribution in [0.3, 0.4) is 0 Å². The number of aromatic nitrogens is 1. The summed E-state index contributed by atoms with van der Waals surface area (Å²) in [7, 11) is -1.81. The maximum atomic E-state index is 13.3. The standard InChI is InChI=1S/C20H21ClFN3O2S/c1-23-9-11-24(12-10-23)14-15-3-2-4-19-17(15)7-8-25(19)28(26,27)20-6-5-16(22)13-18(20)21/h2-8,13H,9-12,14H2,1H3. The van der Waals surface area contributed by atoms with Gasteiger partial charge < -0.3 is 4.90 Å². The van der Waals surface area contributed by atoms with Crippen LogP contribution in [-0.4, -0.2) is 55.4 Å². The number of likely N-dealkylation sites (N-methyl/N-ethyl adjacent to an activating group) is 1. The summed E-state index contributed by atoms with van der Waals surface area (Å²) in [5.41, 5.74) is 1.67. The van der Waals surface area contributed by atoms with Crippen LogP contribution in [0.25, 0.3) is 10.9 Å². The third-order valence-corrected chi connectivity index (χ3v) is 7.38. The molecular formula is C20H21ClFN3O2S. The Morgan fingerprint density at radius 3 is 2.54 bits per heavy atom. The molecule has 0 spiro atoms. The van der Waals surface area contributed by atoms with Crippen LogP contribution in [0.1, 0.15) is 5.56 Å². The smallest absolute Gasteiger partial charge is 0.269 e. The number of rotatable bonds is 4. The van der Waals surface area contributed by atoms with Gasteiger partial charge in [-0.1, -0.05) is 23.7 Å². The van der Waals surface area contributed by atoms with E-state index in [1.807, 2.05) is 18.2 Å². The molecule has 3 aromatic rings. The lowest BCUT2D eigenvalue weighted by Crippen LogP contribution is -2.43. The molecule has 0 amide bonds. The molecule has 5 nitrogen and oxygen atoms in total. The van der Waals surface area contributed by atoms with Gasteiger partial charge in [0.25, 0.3) is 10.0 Å². The lowest BCUT2D eigenvalue weighted by atomic mass is 10.1. The fourth-order valence-electron chi connectivity index (χ4n) is 3.59. The van der Waals surface area contributed by atoms with E-state index in [-0.39, 0.29) is 9.92 Å². The molecule has 1 saturated heterocycles. The number of halogens is 2. The molecule has 0 radical (unpaired) electrons. The van der Waals surface area contributed by atoms with E-state index in [1.165, 1.54) is 16.2 Å². The number of hydrogen-bond donors (Lipinski definition) is 0. The summed E-state index contributed by atoms with van der Waals surface area (Å²) in [6.07, 6.45) is 1.53. The minimum Gasteiger partial charge on any atom is -0.304 e. The third kappa shape index (κ3) is 3.55. The van der Waals surface area contributed by atoms with Crippen LogP contribution in [0.4, 0.5) is 4.39 Å². The highest BCUT2D eigenvalue weighted by atomic mass is 35.5. The molecule has 8 heteroatoms. The van der Waals surface area contributed by atoms with Crippen LogP contribution >= 0.6 is 11.6 Å². The van der Waals surface area contributed by atoms with E-state index in [0.717, 1.165) is 55.8 Å². The fraction of sp³-hybridized carbons (Fsp3) is 0.300. The molecule has 2 heterocycles. The van der Waals surface area contributed by atoms with Crippen molar-refractivity contribution in [2.45, 2.75) is 11.4 Å². The number of nitrogens with zero attached hydrogens (tertiary/aromatic N) is 3. The molecule has 1 aromatic heterocycles. The second-order valence-electron chi connectivity index (χ2n) is 7.12. The molecule has 0 N–H and O–H groups in total. The van der Waals surface area contributed by atoms with E-state index in [4.69, 9.17) is 11.6 Å². The maximum absolute atomic E-state index is 13.3. The van der Waals surface area contributed by atoms with Crippen molar-refractivity contribution >= 4 is 32.5 Å². The normalized spacial score (nSPS) is 16.7. The molecule has 0 saturated carbocycles. The number of fused-ring (bicyclic) bond motifs is 1. The van der Waals surface area contributed by atoms with Crippen LogP contribution in [0.2, 0.25) is 5.02 Å². The van der Waals surface area contributed by atoms with Crippen molar-refractivity contribution in [2.24, 2.45) is 0 Å². The van der Waals surface area contributed by atoms with Crippen molar-refractivity contribution in [3.05, 3.63) is 65.1 Å². The SMILES string of the molecule is CN1CCN(Cc2cccc3c2ccn3S(=O)(=O)c2ccc(F)cc2Cl)CC1. The Hall–Kier alpha value is -1.93. The first-order valence-electron chi connectivity index (χ1n) is 9.07. The molecule has 2 aromatic carbocycles. The highest BCUT2D eigenvalue weighted by Gasteiger charge is 2.23. The van der Waals surface area contributed by atoms with Gasteiger partial charge in [-0.15, -0.1) is 0 Å². The second kappa shape index (κ2) is 7.48. The first-order chi connectivity index (χ1) is 13.4. The fourth-order valence-corrected chi connectivity index (χ4v) is 5.45. The van der Waals surface area contributed by atoms with Gasteiger partial charge in [-0.2, -0.15) is 0 Å². The van der Waals surface area contributed by atoms with Gasteiger partial charge in [-0.3, -0.25) is 4.90 Å². The first-order valence-corrected chi connectivity index (χ1v) is 10.9. The van der Waals surface area contributed by atoms with Crippen LogP contribution in [0.5, 0.6) is 0 Å². The molecule has 0 bridgehead atoms. The molecule has 148 valence electrons. The average Bonchev–Trinajstić information content (AvgIpc) is 3.09. The molecular weight excluding hydrogens is 401 g/mol. The molecule has 0 unspecified atom stereocenters. The molecule has 0 atom stereocenters. The van der Waals surface area contributed by atoms with Crippen molar-refractivity contribution < 1.29 is 12.8 Å². The topological polar surface area (TPSA) is 45.5 Å². The highest BCUT2D eigenvalue weighted by molar-refractivity contribution is 7.90. The van der Waals surface area contributed by atoms with Gasteiger partial charge in [-0.05, 0) is 42.9 Å². The molecule has 4 rings (SSSR count). The van der Waals surface area contributed by atoms with Crippen LogP contribution < -0.4 is 0 Å². The Bertz CT molecular complexity index is 1120. The Kier molecular flexibility index (Phi) is 5.18. The van der Waals surface area contributed by atoms with Gasteiger partial charge in [0.1, 0.15) is 10.7 Å². The van der Waals surface area contributed by atoms with Crippen LogP contribution in [-0.2, 0) is 16.6 Å². The maximum Gasteiger partial charge on any atom is 0.269 e. The first kappa shape index (κ1) is 19.4. The van der Waals surface area contributed by atoms with Gasteiger partial charge in [-0.25, -0.2) is 16.8 Å². The van der Waals surface area contributed by atoms with E-state index in [2.05, 4.69) is 16.8 Å². The molecule has 1 aliphatic heterocycles. The monoisotopic (exact) mass is 421 g/mol. The highest BCUT2D eigenvalue weighted by Crippen LogP contribution is 2.29. The summed E-state index contributed by atoms with van der Waals surface area (Å²) in [6.45, 7) is 4.78. The van der Waals surface area contributed by atoms with E-state index in [9.17, 15) is 12.8 Å². The van der Waals surface area contributed by atoms with Gasteiger partial charge in [0.2, 0.25) is 0 Å².